The van der Waals surface area contributed by atoms with Gasteiger partial charge in [0.1, 0.15) is 0 Å². The minimum atomic E-state index is -0.810. The average molecular weight is 216 g/mol. The van der Waals surface area contributed by atoms with Crippen molar-refractivity contribution in [2.75, 3.05) is 25.4 Å². The van der Waals surface area contributed by atoms with Gasteiger partial charge in [0.25, 0.3) is 0 Å². The lowest BCUT2D eigenvalue weighted by Crippen LogP contribution is -2.22. The zero-order valence-electron chi connectivity index (χ0n) is 9.93. The first-order valence-electron chi connectivity index (χ1n) is 4.48. The number of hydrogen-bond donors (Lipinski definition) is 0. The zero-order valence-corrected chi connectivity index (χ0v) is 10.7. The van der Waals surface area contributed by atoms with Gasteiger partial charge in [0.05, 0.1) is 5.41 Å². The summed E-state index contributed by atoms with van der Waals surface area (Å²) < 4.78 is 5.00. The van der Waals surface area contributed by atoms with Crippen molar-refractivity contribution < 1.29 is 9.53 Å². The van der Waals surface area contributed by atoms with Crippen molar-refractivity contribution in [3.63, 3.8) is 0 Å². The van der Waals surface area contributed by atoms with Crippen molar-refractivity contribution in [2.45, 2.75) is 20.8 Å². The molecule has 0 aromatic rings. The highest BCUT2D eigenvalue weighted by atomic mass is 32.3. The van der Waals surface area contributed by atoms with E-state index in [4.69, 9.17) is 4.74 Å². The molecule has 0 aliphatic rings. The number of hydrogen-bond acceptors (Lipinski definition) is 2. The molecule has 0 fully saturated rings. The van der Waals surface area contributed by atoms with Crippen LogP contribution >= 0.6 is 10.0 Å². The quantitative estimate of drug-likeness (QED) is 0.496. The molecule has 3 heteroatoms. The monoisotopic (exact) mass is 216 g/mol. The first kappa shape index (κ1) is 13.4. The van der Waals surface area contributed by atoms with Crippen molar-refractivity contribution in [1.82, 2.24) is 0 Å². The SMILES string of the molecule is CC(C)(C)C(=O)OCC#CS(C)(C)C. The molecule has 14 heavy (non-hydrogen) atoms. The first-order chi connectivity index (χ1) is 6.13. The molecule has 0 bridgehead atoms. The smallest absolute Gasteiger partial charge is 0.312 e. The third kappa shape index (κ3) is 6.85. The second-order valence-corrected chi connectivity index (χ2v) is 8.82. The molecule has 0 saturated carbocycles. The van der Waals surface area contributed by atoms with Crippen molar-refractivity contribution in [3.8, 4) is 11.2 Å². The Labute approximate surface area is 88.7 Å². The summed E-state index contributed by atoms with van der Waals surface area (Å²) >= 11 is 0. The summed E-state index contributed by atoms with van der Waals surface area (Å²) in [6, 6.07) is 0. The lowest BCUT2D eigenvalue weighted by molar-refractivity contribution is -0.151. The Morgan fingerprint density at radius 3 is 2.14 bits per heavy atom. The van der Waals surface area contributed by atoms with Crippen LogP contribution in [0, 0.1) is 16.6 Å². The topological polar surface area (TPSA) is 26.3 Å². The maximum absolute atomic E-state index is 11.3. The number of esters is 1. The van der Waals surface area contributed by atoms with E-state index in [2.05, 4.69) is 29.9 Å². The minimum Gasteiger partial charge on any atom is -0.452 e. The summed E-state index contributed by atoms with van der Waals surface area (Å²) in [4.78, 5) is 11.3. The van der Waals surface area contributed by atoms with Gasteiger partial charge in [-0.05, 0) is 39.5 Å². The van der Waals surface area contributed by atoms with E-state index in [0.717, 1.165) is 0 Å². The molecule has 0 heterocycles. The second kappa shape index (κ2) is 4.75. The van der Waals surface area contributed by atoms with Crippen LogP contribution in [0.15, 0.2) is 0 Å². The van der Waals surface area contributed by atoms with Crippen LogP contribution in [0.1, 0.15) is 20.8 Å². The van der Waals surface area contributed by atoms with Gasteiger partial charge < -0.3 is 4.74 Å². The van der Waals surface area contributed by atoms with E-state index in [0.29, 0.717) is 0 Å². The number of carbonyl (C=O) groups is 1. The fourth-order valence-corrected chi connectivity index (χ4v) is 1.06. The number of carbonyl (C=O) groups excluding carboxylic acids is 1. The van der Waals surface area contributed by atoms with Gasteiger partial charge in [0.15, 0.2) is 6.61 Å². The van der Waals surface area contributed by atoms with Crippen LogP contribution in [0.5, 0.6) is 0 Å². The van der Waals surface area contributed by atoms with Gasteiger partial charge in [0, 0.05) is 0 Å². The van der Waals surface area contributed by atoms with E-state index < -0.39 is 15.4 Å². The fraction of sp³-hybridized carbons (Fsp3) is 0.727. The van der Waals surface area contributed by atoms with Gasteiger partial charge in [-0.25, -0.2) is 0 Å². The van der Waals surface area contributed by atoms with Gasteiger partial charge in [-0.1, -0.05) is 11.2 Å². The second-order valence-electron chi connectivity index (χ2n) is 4.94. The van der Waals surface area contributed by atoms with Crippen LogP contribution in [-0.2, 0) is 9.53 Å². The maximum Gasteiger partial charge on any atom is 0.312 e. The minimum absolute atomic E-state index is 0.198. The normalized spacial score (nSPS) is 12.7. The fourth-order valence-electron chi connectivity index (χ4n) is 0.564. The van der Waals surface area contributed by atoms with Crippen LogP contribution in [0.25, 0.3) is 0 Å². The zero-order chi connectivity index (χ0) is 11.4. The maximum atomic E-state index is 11.3. The molecule has 82 valence electrons. The predicted molar refractivity (Wildman–Crippen MR) is 63.6 cm³/mol. The molecular weight excluding hydrogens is 196 g/mol. The molecule has 0 saturated heterocycles. The summed E-state index contributed by atoms with van der Waals surface area (Å²) in [6.45, 7) is 5.70. The van der Waals surface area contributed by atoms with Gasteiger partial charge in [-0.15, -0.1) is 0 Å². The third-order valence-electron chi connectivity index (χ3n) is 1.27. The highest BCUT2D eigenvalue weighted by molar-refractivity contribution is 8.35. The van der Waals surface area contributed by atoms with Crippen LogP contribution in [0.4, 0.5) is 0 Å². The Hall–Kier alpha value is -0.620. The first-order valence-corrected chi connectivity index (χ1v) is 7.34. The largest absolute Gasteiger partial charge is 0.452 e. The van der Waals surface area contributed by atoms with Gasteiger partial charge >= 0.3 is 5.97 Å². The van der Waals surface area contributed by atoms with Crippen molar-refractivity contribution in [2.24, 2.45) is 5.41 Å². The molecule has 0 amide bonds. The van der Waals surface area contributed by atoms with Crippen molar-refractivity contribution in [1.29, 1.82) is 0 Å². The number of ether oxygens (including phenoxy) is 1. The molecule has 0 atom stereocenters. The Morgan fingerprint density at radius 2 is 1.79 bits per heavy atom. The van der Waals surface area contributed by atoms with E-state index in [9.17, 15) is 4.79 Å². The standard InChI is InChI=1S/C11H20O2S/c1-11(2,3)10(12)13-8-7-9-14(4,5)6/h8H2,1-6H3. The highest BCUT2D eigenvalue weighted by Gasteiger charge is 2.22. The Bertz CT molecular complexity index is 258. The third-order valence-corrected chi connectivity index (χ3v) is 2.02. The summed E-state index contributed by atoms with van der Waals surface area (Å²) in [5.74, 6) is 2.67. The molecule has 0 unspecified atom stereocenters. The molecule has 0 aromatic heterocycles. The van der Waals surface area contributed by atoms with Crippen molar-refractivity contribution in [3.05, 3.63) is 0 Å². The van der Waals surface area contributed by atoms with E-state index in [1.807, 2.05) is 20.8 Å². The highest BCUT2D eigenvalue weighted by Crippen LogP contribution is 2.31. The molecule has 0 aromatic carbocycles. The van der Waals surface area contributed by atoms with Crippen LogP contribution in [0.3, 0.4) is 0 Å². The lowest BCUT2D eigenvalue weighted by atomic mass is 9.97. The van der Waals surface area contributed by atoms with Gasteiger partial charge in [-0.2, -0.15) is 10.0 Å². The van der Waals surface area contributed by atoms with E-state index in [1.54, 1.807) is 0 Å². The van der Waals surface area contributed by atoms with Gasteiger partial charge in [0.2, 0.25) is 0 Å². The van der Waals surface area contributed by atoms with Crippen LogP contribution in [-0.4, -0.2) is 31.3 Å². The molecule has 0 spiro atoms. The Balaban J connectivity index is 3.97. The average Bonchev–Trinajstić information content (AvgIpc) is 1.93. The molecule has 0 aliphatic heterocycles. The van der Waals surface area contributed by atoms with E-state index in [-0.39, 0.29) is 12.6 Å². The molecule has 0 aliphatic carbocycles. The predicted octanol–water partition coefficient (Wildman–Crippen LogP) is 2.23. The molecule has 2 nitrogen and oxygen atoms in total. The lowest BCUT2D eigenvalue weighted by Gasteiger charge is -2.16. The van der Waals surface area contributed by atoms with E-state index >= 15 is 0 Å². The van der Waals surface area contributed by atoms with Crippen molar-refractivity contribution >= 4 is 16.0 Å². The van der Waals surface area contributed by atoms with E-state index in [1.165, 1.54) is 0 Å². The Morgan fingerprint density at radius 1 is 1.29 bits per heavy atom. The van der Waals surface area contributed by atoms with Crippen LogP contribution in [0.2, 0.25) is 0 Å². The van der Waals surface area contributed by atoms with Gasteiger partial charge in [-0.3, -0.25) is 4.79 Å². The summed E-state index contributed by atoms with van der Waals surface area (Å²) in [5.41, 5.74) is -0.434. The summed E-state index contributed by atoms with van der Waals surface area (Å²) in [5, 5.41) is 3.08. The summed E-state index contributed by atoms with van der Waals surface area (Å²) in [7, 11) is -0.810. The summed E-state index contributed by atoms with van der Waals surface area (Å²) in [6.07, 6.45) is 6.31. The molecule has 0 rings (SSSR count). The number of rotatable bonds is 1. The molecule has 0 radical (unpaired) electrons. The van der Waals surface area contributed by atoms with Crippen LogP contribution < -0.4 is 0 Å². The molecule has 0 N–H and O–H groups in total. The Kier molecular flexibility index (Phi) is 4.54. The molecular formula is C11H20O2S.